The van der Waals surface area contributed by atoms with E-state index in [2.05, 4.69) is 5.32 Å². The summed E-state index contributed by atoms with van der Waals surface area (Å²) in [7, 11) is 0. The number of hydrogen-bond acceptors (Lipinski definition) is 4. The maximum absolute atomic E-state index is 13.3. The van der Waals surface area contributed by atoms with Gasteiger partial charge in [-0.15, -0.1) is 11.8 Å². The number of hydrogen-bond donors (Lipinski definition) is 1. The molecule has 1 aromatic heterocycles. The Morgan fingerprint density at radius 3 is 2.31 bits per heavy atom. The van der Waals surface area contributed by atoms with Gasteiger partial charge < -0.3 is 19.5 Å². The van der Waals surface area contributed by atoms with Crippen LogP contribution in [0.2, 0.25) is 0 Å². The number of nitrogens with one attached hydrogen (secondary N) is 1. The first kappa shape index (κ1) is 23.5. The van der Waals surface area contributed by atoms with Crippen LogP contribution in [0.4, 0.5) is 10.5 Å². The molecule has 0 aliphatic heterocycles. The predicted octanol–water partition coefficient (Wildman–Crippen LogP) is 5.47. The fourth-order valence-electron chi connectivity index (χ4n) is 3.29. The first-order valence-electron chi connectivity index (χ1n) is 10.6. The third-order valence-electron chi connectivity index (χ3n) is 4.94. The van der Waals surface area contributed by atoms with Gasteiger partial charge in [-0.05, 0) is 54.6 Å². The van der Waals surface area contributed by atoms with Gasteiger partial charge in [0.1, 0.15) is 12.3 Å². The van der Waals surface area contributed by atoms with Crippen molar-refractivity contribution in [3.63, 3.8) is 0 Å². The molecule has 1 heterocycles. The normalized spacial score (nSPS) is 10.6. The second-order valence-electron chi connectivity index (χ2n) is 7.39. The zero-order valence-electron chi connectivity index (χ0n) is 18.5. The Morgan fingerprint density at radius 1 is 0.938 bits per heavy atom. The fraction of sp³-hybridized carbons (Fsp3) is 0.280. The van der Waals surface area contributed by atoms with E-state index >= 15 is 0 Å². The summed E-state index contributed by atoms with van der Waals surface area (Å²) in [4.78, 5) is 30.6. The summed E-state index contributed by atoms with van der Waals surface area (Å²) in [6.07, 6.45) is 4.36. The monoisotopic (exact) mass is 451 g/mol. The number of urea groups is 1. The average molecular weight is 452 g/mol. The Bertz CT molecular complexity index is 975. The molecule has 32 heavy (non-hydrogen) atoms. The summed E-state index contributed by atoms with van der Waals surface area (Å²) in [6, 6.07) is 20.8. The van der Waals surface area contributed by atoms with E-state index in [4.69, 9.17) is 4.42 Å². The Labute approximate surface area is 193 Å². The van der Waals surface area contributed by atoms with Crippen molar-refractivity contribution in [1.29, 1.82) is 0 Å². The zero-order chi connectivity index (χ0) is 22.8. The number of carbonyl (C=O) groups excluding carboxylic acids is 2. The van der Waals surface area contributed by atoms with Crippen molar-refractivity contribution in [2.24, 2.45) is 0 Å². The fourth-order valence-corrected chi connectivity index (χ4v) is 3.70. The average Bonchev–Trinajstić information content (AvgIpc) is 3.32. The van der Waals surface area contributed by atoms with Crippen LogP contribution in [0.5, 0.6) is 0 Å². The molecule has 7 heteroatoms. The molecule has 0 fully saturated rings. The molecule has 0 saturated carbocycles. The largest absolute Gasteiger partial charge is 0.467 e. The molecule has 0 saturated heterocycles. The lowest BCUT2D eigenvalue weighted by molar-refractivity contribution is -0.133. The van der Waals surface area contributed by atoms with E-state index in [0.29, 0.717) is 31.1 Å². The van der Waals surface area contributed by atoms with Crippen molar-refractivity contribution < 1.29 is 14.0 Å². The lowest BCUT2D eigenvalue weighted by Gasteiger charge is -2.27. The van der Waals surface area contributed by atoms with Crippen molar-refractivity contribution >= 4 is 29.4 Å². The highest BCUT2D eigenvalue weighted by Crippen LogP contribution is 2.18. The van der Waals surface area contributed by atoms with E-state index in [1.807, 2.05) is 73.8 Å². The molecule has 0 aliphatic rings. The number of thioether (sulfide) groups is 1. The van der Waals surface area contributed by atoms with Gasteiger partial charge in [0.05, 0.1) is 12.8 Å². The maximum Gasteiger partial charge on any atom is 0.322 e. The molecule has 2 aromatic carbocycles. The van der Waals surface area contributed by atoms with Gasteiger partial charge in [0, 0.05) is 23.7 Å². The van der Waals surface area contributed by atoms with Gasteiger partial charge >= 0.3 is 6.03 Å². The van der Waals surface area contributed by atoms with Crippen LogP contribution in [0, 0.1) is 0 Å². The van der Waals surface area contributed by atoms with E-state index in [1.54, 1.807) is 33.9 Å². The van der Waals surface area contributed by atoms with Crippen molar-refractivity contribution in [1.82, 2.24) is 9.80 Å². The van der Waals surface area contributed by atoms with Gasteiger partial charge in [-0.1, -0.05) is 37.3 Å². The molecular weight excluding hydrogens is 422 g/mol. The third-order valence-corrected chi connectivity index (χ3v) is 5.69. The van der Waals surface area contributed by atoms with E-state index in [0.717, 1.165) is 16.9 Å². The van der Waals surface area contributed by atoms with Crippen molar-refractivity contribution in [3.8, 4) is 0 Å². The van der Waals surface area contributed by atoms with Gasteiger partial charge in [0.25, 0.3) is 0 Å². The Balaban J connectivity index is 1.70. The number of furan rings is 1. The lowest BCUT2D eigenvalue weighted by atomic mass is 10.2. The van der Waals surface area contributed by atoms with Crippen molar-refractivity contribution in [2.75, 3.05) is 24.7 Å². The Kier molecular flexibility index (Phi) is 8.80. The Morgan fingerprint density at radius 2 is 1.69 bits per heavy atom. The van der Waals surface area contributed by atoms with Crippen LogP contribution in [0.1, 0.15) is 24.7 Å². The van der Waals surface area contributed by atoms with Gasteiger partial charge in [-0.2, -0.15) is 0 Å². The molecule has 1 N–H and O–H groups in total. The van der Waals surface area contributed by atoms with Crippen LogP contribution < -0.4 is 5.32 Å². The number of carbonyl (C=O) groups is 2. The molecular formula is C25H29N3O3S. The zero-order valence-corrected chi connectivity index (χ0v) is 19.3. The molecule has 0 spiro atoms. The van der Waals surface area contributed by atoms with Gasteiger partial charge in [0.2, 0.25) is 5.91 Å². The second kappa shape index (κ2) is 12.0. The van der Waals surface area contributed by atoms with Gasteiger partial charge in [-0.25, -0.2) is 4.79 Å². The number of benzene rings is 2. The minimum atomic E-state index is -0.283. The summed E-state index contributed by atoms with van der Waals surface area (Å²) in [6.45, 7) is 3.26. The first-order chi connectivity index (χ1) is 15.6. The number of nitrogens with zero attached hydrogens (tertiary/aromatic N) is 2. The predicted molar refractivity (Wildman–Crippen MR) is 129 cm³/mol. The molecule has 0 unspecified atom stereocenters. The third kappa shape index (κ3) is 6.92. The van der Waals surface area contributed by atoms with Crippen LogP contribution in [0.3, 0.4) is 0 Å². The molecule has 168 valence electrons. The van der Waals surface area contributed by atoms with Crippen LogP contribution in [0.15, 0.2) is 82.3 Å². The van der Waals surface area contributed by atoms with Crippen LogP contribution in [-0.2, 0) is 17.9 Å². The van der Waals surface area contributed by atoms with Gasteiger partial charge in [-0.3, -0.25) is 4.79 Å². The molecule has 3 rings (SSSR count). The minimum Gasteiger partial charge on any atom is -0.467 e. The standard InChI is InChI=1S/C25H29N3O3S/c1-3-15-27(25(30)26-21-11-13-23(32-2)14-12-21)19-24(29)28(18-22-10-7-16-31-22)17-20-8-5-4-6-9-20/h4-14,16H,3,15,17-19H2,1-2H3,(H,26,30). The van der Waals surface area contributed by atoms with E-state index in [9.17, 15) is 9.59 Å². The number of anilines is 1. The second-order valence-corrected chi connectivity index (χ2v) is 8.27. The SMILES string of the molecule is CCCN(CC(=O)N(Cc1ccccc1)Cc1ccco1)C(=O)Nc1ccc(SC)cc1. The minimum absolute atomic E-state index is 0.00386. The van der Waals surface area contributed by atoms with Crippen LogP contribution >= 0.6 is 11.8 Å². The van der Waals surface area contributed by atoms with Gasteiger partial charge in [0.15, 0.2) is 0 Å². The highest BCUT2D eigenvalue weighted by molar-refractivity contribution is 7.98. The number of amides is 3. The quantitative estimate of drug-likeness (QED) is 0.415. The Hall–Kier alpha value is -3.19. The van der Waals surface area contributed by atoms with Crippen LogP contribution in [0.25, 0.3) is 0 Å². The van der Waals surface area contributed by atoms with Crippen molar-refractivity contribution in [2.45, 2.75) is 31.3 Å². The number of rotatable bonds is 10. The summed E-state index contributed by atoms with van der Waals surface area (Å²) < 4.78 is 5.46. The molecule has 0 aliphatic carbocycles. The summed E-state index contributed by atoms with van der Waals surface area (Å²) in [5.41, 5.74) is 1.73. The molecule has 3 aromatic rings. The maximum atomic E-state index is 13.3. The molecule has 0 bridgehead atoms. The van der Waals surface area contributed by atoms with E-state index in [-0.39, 0.29) is 18.5 Å². The lowest BCUT2D eigenvalue weighted by Crippen LogP contribution is -2.44. The van der Waals surface area contributed by atoms with E-state index in [1.165, 1.54) is 0 Å². The van der Waals surface area contributed by atoms with Crippen LogP contribution in [-0.4, -0.2) is 41.1 Å². The molecule has 0 radical (unpaired) electrons. The highest BCUT2D eigenvalue weighted by atomic mass is 32.2. The summed E-state index contributed by atoms with van der Waals surface area (Å²) >= 11 is 1.64. The summed E-state index contributed by atoms with van der Waals surface area (Å²) in [5.74, 6) is 0.571. The van der Waals surface area contributed by atoms with E-state index < -0.39 is 0 Å². The topological polar surface area (TPSA) is 65.8 Å². The van der Waals surface area contributed by atoms with Crippen molar-refractivity contribution in [3.05, 3.63) is 84.3 Å². The molecule has 3 amide bonds. The smallest absolute Gasteiger partial charge is 0.322 e. The molecule has 0 atom stereocenters. The first-order valence-corrected chi connectivity index (χ1v) is 11.9. The summed E-state index contributed by atoms with van der Waals surface area (Å²) in [5, 5.41) is 2.91. The highest BCUT2D eigenvalue weighted by Gasteiger charge is 2.22. The molecule has 6 nitrogen and oxygen atoms in total.